The Bertz CT molecular complexity index is 659. The Kier molecular flexibility index (Phi) is 4.34. The molecule has 1 N–H and O–H groups in total. The normalized spacial score (nSPS) is 14.2. The van der Waals surface area contributed by atoms with Gasteiger partial charge in [0.15, 0.2) is 0 Å². The van der Waals surface area contributed by atoms with Gasteiger partial charge in [-0.15, -0.1) is 0 Å². The second-order valence-corrected chi connectivity index (χ2v) is 5.85. The van der Waals surface area contributed by atoms with E-state index in [1.165, 1.54) is 25.0 Å². The molecule has 0 heterocycles. The predicted octanol–water partition coefficient (Wildman–Crippen LogP) is 5.18. The summed E-state index contributed by atoms with van der Waals surface area (Å²) in [7, 11) is 0. The quantitative estimate of drug-likeness (QED) is 0.818. The molecule has 1 fully saturated rings. The van der Waals surface area contributed by atoms with E-state index in [9.17, 15) is 4.39 Å². The summed E-state index contributed by atoms with van der Waals surface area (Å²) >= 11 is 12.1. The summed E-state index contributed by atoms with van der Waals surface area (Å²) in [5, 5.41) is 4.12. The molecule has 5 heteroatoms. The van der Waals surface area contributed by atoms with E-state index in [1.807, 2.05) is 0 Å². The molecule has 21 heavy (non-hydrogen) atoms. The Morgan fingerprint density at radius 3 is 2.71 bits per heavy atom. The second-order valence-electron chi connectivity index (χ2n) is 5.06. The molecule has 2 nitrogen and oxygen atoms in total. The number of nitrogens with one attached hydrogen (secondary N) is 1. The molecule has 110 valence electrons. The maximum Gasteiger partial charge on any atom is 0.147 e. The summed E-state index contributed by atoms with van der Waals surface area (Å²) in [5.74, 6) is 0.754. The molecule has 0 amide bonds. The van der Waals surface area contributed by atoms with E-state index in [4.69, 9.17) is 27.9 Å². The lowest BCUT2D eigenvalue weighted by atomic mass is 10.2. The monoisotopic (exact) mass is 325 g/mol. The molecule has 0 radical (unpaired) electrons. The van der Waals surface area contributed by atoms with Gasteiger partial charge in [0.25, 0.3) is 0 Å². The van der Waals surface area contributed by atoms with Crippen molar-refractivity contribution < 1.29 is 9.13 Å². The zero-order valence-electron chi connectivity index (χ0n) is 11.2. The van der Waals surface area contributed by atoms with Crippen LogP contribution in [-0.2, 0) is 6.54 Å². The van der Waals surface area contributed by atoms with Crippen LogP contribution in [0, 0.1) is 5.82 Å². The number of ether oxygens (including phenoxy) is 1. The van der Waals surface area contributed by atoms with Gasteiger partial charge in [0.2, 0.25) is 0 Å². The van der Waals surface area contributed by atoms with Crippen molar-refractivity contribution >= 4 is 23.2 Å². The molecular formula is C16H14Cl2FNO. The van der Waals surface area contributed by atoms with Crippen LogP contribution < -0.4 is 10.1 Å². The summed E-state index contributed by atoms with van der Waals surface area (Å²) in [6.07, 6.45) is 2.34. The van der Waals surface area contributed by atoms with Gasteiger partial charge < -0.3 is 10.1 Å². The van der Waals surface area contributed by atoms with Gasteiger partial charge in [-0.25, -0.2) is 4.39 Å². The number of benzene rings is 2. The maximum atomic E-state index is 13.4. The van der Waals surface area contributed by atoms with Gasteiger partial charge in [-0.3, -0.25) is 0 Å². The van der Waals surface area contributed by atoms with Crippen LogP contribution in [0.4, 0.5) is 4.39 Å². The highest BCUT2D eigenvalue weighted by molar-refractivity contribution is 6.42. The highest BCUT2D eigenvalue weighted by atomic mass is 35.5. The SMILES string of the molecule is Fc1ccc(Oc2cccc(Cl)c2Cl)c(CNC2CC2)c1. The smallest absolute Gasteiger partial charge is 0.147 e. The average Bonchev–Trinajstić information content (AvgIpc) is 3.28. The molecule has 1 aliphatic rings. The van der Waals surface area contributed by atoms with Gasteiger partial charge in [-0.05, 0) is 43.2 Å². The molecule has 1 saturated carbocycles. The molecule has 2 aromatic carbocycles. The van der Waals surface area contributed by atoms with Gasteiger partial charge in [0.1, 0.15) is 22.3 Å². The van der Waals surface area contributed by atoms with Crippen LogP contribution >= 0.6 is 23.2 Å². The Morgan fingerprint density at radius 1 is 1.14 bits per heavy atom. The van der Waals surface area contributed by atoms with Gasteiger partial charge in [-0.2, -0.15) is 0 Å². The van der Waals surface area contributed by atoms with Crippen molar-refractivity contribution in [3.05, 3.63) is 57.8 Å². The lowest BCUT2D eigenvalue weighted by molar-refractivity contribution is 0.470. The molecular weight excluding hydrogens is 312 g/mol. The third-order valence-electron chi connectivity index (χ3n) is 3.32. The summed E-state index contributed by atoms with van der Waals surface area (Å²) in [5.41, 5.74) is 0.762. The molecule has 3 rings (SSSR count). The molecule has 0 spiro atoms. The first kappa shape index (κ1) is 14.6. The van der Waals surface area contributed by atoms with E-state index >= 15 is 0 Å². The Hall–Kier alpha value is -1.29. The summed E-state index contributed by atoms with van der Waals surface area (Å²) in [6.45, 7) is 0.565. The van der Waals surface area contributed by atoms with E-state index in [2.05, 4.69) is 5.32 Å². The Balaban J connectivity index is 1.84. The highest BCUT2D eigenvalue weighted by Crippen LogP contribution is 2.36. The molecule has 0 unspecified atom stereocenters. The van der Waals surface area contributed by atoms with Crippen LogP contribution in [0.15, 0.2) is 36.4 Å². The minimum Gasteiger partial charge on any atom is -0.455 e. The van der Waals surface area contributed by atoms with Crippen LogP contribution in [0.1, 0.15) is 18.4 Å². The lowest BCUT2D eigenvalue weighted by Crippen LogP contribution is -2.16. The molecule has 0 aromatic heterocycles. The predicted molar refractivity (Wildman–Crippen MR) is 82.8 cm³/mol. The summed E-state index contributed by atoms with van der Waals surface area (Å²) in [6, 6.07) is 10.2. The Morgan fingerprint density at radius 2 is 1.95 bits per heavy atom. The number of halogens is 3. The van der Waals surface area contributed by atoms with E-state index in [0.717, 1.165) is 5.56 Å². The third kappa shape index (κ3) is 3.67. The molecule has 2 aromatic rings. The van der Waals surface area contributed by atoms with Crippen molar-refractivity contribution in [1.29, 1.82) is 0 Å². The lowest BCUT2D eigenvalue weighted by Gasteiger charge is -2.13. The van der Waals surface area contributed by atoms with E-state index < -0.39 is 0 Å². The first-order valence-electron chi connectivity index (χ1n) is 6.77. The van der Waals surface area contributed by atoms with Crippen molar-refractivity contribution in [2.75, 3.05) is 0 Å². The highest BCUT2D eigenvalue weighted by Gasteiger charge is 2.21. The van der Waals surface area contributed by atoms with Crippen molar-refractivity contribution in [3.8, 4) is 11.5 Å². The summed E-state index contributed by atoms with van der Waals surface area (Å²) < 4.78 is 19.2. The zero-order chi connectivity index (χ0) is 14.8. The van der Waals surface area contributed by atoms with Gasteiger partial charge in [0.05, 0.1) is 5.02 Å². The first-order chi connectivity index (χ1) is 10.1. The van der Waals surface area contributed by atoms with E-state index in [0.29, 0.717) is 34.1 Å². The van der Waals surface area contributed by atoms with Gasteiger partial charge in [-0.1, -0.05) is 29.3 Å². The Labute approximate surface area is 132 Å². The van der Waals surface area contributed by atoms with Gasteiger partial charge >= 0.3 is 0 Å². The minimum atomic E-state index is -0.285. The van der Waals surface area contributed by atoms with Crippen molar-refractivity contribution in [1.82, 2.24) is 5.32 Å². The molecule has 0 atom stereocenters. The average molecular weight is 326 g/mol. The molecule has 0 aliphatic heterocycles. The standard InChI is InChI=1S/C16H14Cl2FNO/c17-13-2-1-3-15(16(13)18)21-14-7-4-11(19)8-10(14)9-20-12-5-6-12/h1-4,7-8,12,20H,5-6,9H2. The van der Waals surface area contributed by atoms with Crippen molar-refractivity contribution in [2.24, 2.45) is 0 Å². The van der Waals surface area contributed by atoms with Crippen LogP contribution in [0.2, 0.25) is 10.0 Å². The van der Waals surface area contributed by atoms with Crippen LogP contribution in [0.3, 0.4) is 0 Å². The fourth-order valence-corrected chi connectivity index (χ4v) is 2.34. The zero-order valence-corrected chi connectivity index (χ0v) is 12.7. The largest absolute Gasteiger partial charge is 0.455 e. The number of hydrogen-bond acceptors (Lipinski definition) is 2. The number of hydrogen-bond donors (Lipinski definition) is 1. The van der Waals surface area contributed by atoms with E-state index in [-0.39, 0.29) is 5.82 Å². The fourth-order valence-electron chi connectivity index (χ4n) is 2.01. The fraction of sp³-hybridized carbons (Fsp3) is 0.250. The van der Waals surface area contributed by atoms with E-state index in [1.54, 1.807) is 24.3 Å². The third-order valence-corrected chi connectivity index (χ3v) is 4.12. The van der Waals surface area contributed by atoms with Crippen LogP contribution in [-0.4, -0.2) is 6.04 Å². The topological polar surface area (TPSA) is 21.3 Å². The summed E-state index contributed by atoms with van der Waals surface area (Å²) in [4.78, 5) is 0. The van der Waals surface area contributed by atoms with Gasteiger partial charge in [0, 0.05) is 18.2 Å². The minimum absolute atomic E-state index is 0.285. The van der Waals surface area contributed by atoms with Crippen molar-refractivity contribution in [2.45, 2.75) is 25.4 Å². The van der Waals surface area contributed by atoms with Crippen LogP contribution in [0.25, 0.3) is 0 Å². The maximum absolute atomic E-state index is 13.4. The van der Waals surface area contributed by atoms with Crippen molar-refractivity contribution in [3.63, 3.8) is 0 Å². The first-order valence-corrected chi connectivity index (χ1v) is 7.53. The molecule has 0 saturated heterocycles. The van der Waals surface area contributed by atoms with Crippen LogP contribution in [0.5, 0.6) is 11.5 Å². The number of rotatable bonds is 5. The molecule has 0 bridgehead atoms. The second kappa shape index (κ2) is 6.22. The molecule has 1 aliphatic carbocycles.